The maximum absolute atomic E-state index is 12.3. The molecule has 0 spiro atoms. The van der Waals surface area contributed by atoms with Gasteiger partial charge in [-0.1, -0.05) is 6.07 Å². The van der Waals surface area contributed by atoms with Crippen LogP contribution in [0.25, 0.3) is 0 Å². The first-order chi connectivity index (χ1) is 8.52. The van der Waals surface area contributed by atoms with Crippen molar-refractivity contribution in [2.75, 3.05) is 19.7 Å². The summed E-state index contributed by atoms with van der Waals surface area (Å²) in [7, 11) is 0. The SMILES string of the molecule is CC1(C)CN(C(=O)c2ccccn2)CC(CO)O1. The van der Waals surface area contributed by atoms with Crippen LogP contribution in [0.15, 0.2) is 24.4 Å². The Labute approximate surface area is 106 Å². The highest BCUT2D eigenvalue weighted by molar-refractivity contribution is 5.92. The Bertz CT molecular complexity index is 420. The molecule has 1 fully saturated rings. The Morgan fingerprint density at radius 3 is 3.00 bits per heavy atom. The van der Waals surface area contributed by atoms with Crippen LogP contribution in [-0.2, 0) is 4.74 Å². The smallest absolute Gasteiger partial charge is 0.272 e. The molecule has 5 nitrogen and oxygen atoms in total. The van der Waals surface area contributed by atoms with Crippen LogP contribution in [-0.4, -0.2) is 52.3 Å². The lowest BCUT2D eigenvalue weighted by Gasteiger charge is -2.42. The number of aliphatic hydroxyl groups is 1. The Morgan fingerprint density at radius 1 is 1.61 bits per heavy atom. The van der Waals surface area contributed by atoms with Gasteiger partial charge in [-0.05, 0) is 26.0 Å². The standard InChI is InChI=1S/C13H18N2O3/c1-13(2)9-15(7-10(8-16)18-13)12(17)11-5-3-4-6-14-11/h3-6,10,16H,7-9H2,1-2H3. The van der Waals surface area contributed by atoms with Crippen molar-refractivity contribution < 1.29 is 14.6 Å². The van der Waals surface area contributed by atoms with Crippen molar-refractivity contribution in [2.24, 2.45) is 0 Å². The number of aliphatic hydroxyl groups excluding tert-OH is 1. The third kappa shape index (κ3) is 2.86. The summed E-state index contributed by atoms with van der Waals surface area (Å²) in [5, 5.41) is 9.21. The number of aromatic nitrogens is 1. The molecule has 1 aromatic heterocycles. The van der Waals surface area contributed by atoms with E-state index in [1.165, 1.54) is 0 Å². The third-order valence-corrected chi connectivity index (χ3v) is 2.86. The van der Waals surface area contributed by atoms with Crippen LogP contribution >= 0.6 is 0 Å². The zero-order valence-corrected chi connectivity index (χ0v) is 10.7. The number of hydrogen-bond donors (Lipinski definition) is 1. The van der Waals surface area contributed by atoms with Gasteiger partial charge in [0.1, 0.15) is 5.69 Å². The van der Waals surface area contributed by atoms with E-state index in [1.54, 1.807) is 29.3 Å². The van der Waals surface area contributed by atoms with Crippen molar-refractivity contribution in [1.29, 1.82) is 0 Å². The molecule has 1 atom stereocenters. The van der Waals surface area contributed by atoms with Gasteiger partial charge in [0.15, 0.2) is 0 Å². The normalized spacial score (nSPS) is 22.8. The van der Waals surface area contributed by atoms with Crippen LogP contribution in [0, 0.1) is 0 Å². The lowest BCUT2D eigenvalue weighted by atomic mass is 10.0. The van der Waals surface area contributed by atoms with Gasteiger partial charge in [-0.2, -0.15) is 0 Å². The van der Waals surface area contributed by atoms with Crippen LogP contribution in [0.3, 0.4) is 0 Å². The number of morpholine rings is 1. The highest BCUT2D eigenvalue weighted by Crippen LogP contribution is 2.21. The van der Waals surface area contributed by atoms with Crippen molar-refractivity contribution in [3.63, 3.8) is 0 Å². The quantitative estimate of drug-likeness (QED) is 0.839. The summed E-state index contributed by atoms with van der Waals surface area (Å²) >= 11 is 0. The fourth-order valence-corrected chi connectivity index (χ4v) is 2.20. The monoisotopic (exact) mass is 250 g/mol. The van der Waals surface area contributed by atoms with Crippen LogP contribution in [0.5, 0.6) is 0 Å². The van der Waals surface area contributed by atoms with Crippen molar-refractivity contribution in [2.45, 2.75) is 25.6 Å². The number of rotatable bonds is 2. The van der Waals surface area contributed by atoms with Crippen LogP contribution < -0.4 is 0 Å². The van der Waals surface area contributed by atoms with E-state index in [-0.39, 0.29) is 18.6 Å². The number of carbonyl (C=O) groups excluding carboxylic acids is 1. The molecule has 0 radical (unpaired) electrons. The predicted molar refractivity (Wildman–Crippen MR) is 66.2 cm³/mol. The lowest BCUT2D eigenvalue weighted by Crippen LogP contribution is -2.55. The minimum atomic E-state index is -0.448. The fourth-order valence-electron chi connectivity index (χ4n) is 2.20. The van der Waals surface area contributed by atoms with E-state index < -0.39 is 5.60 Å². The predicted octanol–water partition coefficient (Wildman–Crippen LogP) is 0.694. The van der Waals surface area contributed by atoms with E-state index in [1.807, 2.05) is 13.8 Å². The van der Waals surface area contributed by atoms with Gasteiger partial charge in [-0.15, -0.1) is 0 Å². The first-order valence-corrected chi connectivity index (χ1v) is 6.01. The third-order valence-electron chi connectivity index (χ3n) is 2.86. The van der Waals surface area contributed by atoms with E-state index in [9.17, 15) is 9.90 Å². The number of pyridine rings is 1. The maximum Gasteiger partial charge on any atom is 0.272 e. The van der Waals surface area contributed by atoms with Crippen molar-refractivity contribution in [1.82, 2.24) is 9.88 Å². The largest absolute Gasteiger partial charge is 0.394 e. The second-order valence-electron chi connectivity index (χ2n) is 5.08. The zero-order valence-electron chi connectivity index (χ0n) is 10.7. The van der Waals surface area contributed by atoms with Gasteiger partial charge in [-0.3, -0.25) is 9.78 Å². The van der Waals surface area contributed by atoms with Crippen molar-refractivity contribution in [3.8, 4) is 0 Å². The molecule has 1 aliphatic heterocycles. The summed E-state index contributed by atoms with van der Waals surface area (Å²) in [5.74, 6) is -0.120. The van der Waals surface area contributed by atoms with E-state index >= 15 is 0 Å². The molecule has 2 heterocycles. The van der Waals surface area contributed by atoms with Gasteiger partial charge in [0.05, 0.1) is 18.3 Å². The van der Waals surface area contributed by atoms with Crippen LogP contribution in [0.1, 0.15) is 24.3 Å². The number of carbonyl (C=O) groups is 1. The molecule has 2 rings (SSSR count). The van der Waals surface area contributed by atoms with E-state index in [2.05, 4.69) is 4.98 Å². The molecule has 1 saturated heterocycles. The molecule has 1 amide bonds. The molecule has 1 N–H and O–H groups in total. The van der Waals surface area contributed by atoms with E-state index in [0.29, 0.717) is 18.8 Å². The van der Waals surface area contributed by atoms with Crippen molar-refractivity contribution in [3.05, 3.63) is 30.1 Å². The first-order valence-electron chi connectivity index (χ1n) is 6.01. The molecule has 1 aliphatic rings. The topological polar surface area (TPSA) is 62.7 Å². The van der Waals surface area contributed by atoms with Gasteiger partial charge < -0.3 is 14.7 Å². The zero-order chi connectivity index (χ0) is 13.2. The van der Waals surface area contributed by atoms with Gasteiger partial charge in [0.25, 0.3) is 5.91 Å². The average Bonchev–Trinajstić information content (AvgIpc) is 2.37. The second kappa shape index (κ2) is 5.04. The summed E-state index contributed by atoms with van der Waals surface area (Å²) in [6, 6.07) is 5.25. The van der Waals surface area contributed by atoms with Gasteiger partial charge in [0.2, 0.25) is 0 Å². The molecule has 0 saturated carbocycles. The number of nitrogens with zero attached hydrogens (tertiary/aromatic N) is 2. The van der Waals surface area contributed by atoms with Crippen LogP contribution in [0.4, 0.5) is 0 Å². The number of amides is 1. The highest BCUT2D eigenvalue weighted by Gasteiger charge is 2.35. The van der Waals surface area contributed by atoms with E-state index in [4.69, 9.17) is 4.74 Å². The summed E-state index contributed by atoms with van der Waals surface area (Å²) in [6.45, 7) is 4.63. The second-order valence-corrected chi connectivity index (χ2v) is 5.08. The highest BCUT2D eigenvalue weighted by atomic mass is 16.5. The molecule has 0 aromatic carbocycles. The molecular weight excluding hydrogens is 232 g/mol. The summed E-state index contributed by atoms with van der Waals surface area (Å²) < 4.78 is 5.67. The molecular formula is C13H18N2O3. The van der Waals surface area contributed by atoms with Crippen molar-refractivity contribution >= 4 is 5.91 Å². The number of hydrogen-bond acceptors (Lipinski definition) is 4. The van der Waals surface area contributed by atoms with Crippen LogP contribution in [0.2, 0.25) is 0 Å². The molecule has 5 heteroatoms. The Morgan fingerprint density at radius 2 is 2.39 bits per heavy atom. The molecule has 1 aromatic rings. The molecule has 18 heavy (non-hydrogen) atoms. The molecule has 0 aliphatic carbocycles. The Balaban J connectivity index is 2.15. The van der Waals surface area contributed by atoms with Gasteiger partial charge in [0, 0.05) is 19.3 Å². The molecule has 0 bridgehead atoms. The Kier molecular flexibility index (Phi) is 3.63. The lowest BCUT2D eigenvalue weighted by molar-refractivity contribution is -0.139. The number of ether oxygens (including phenoxy) is 1. The first kappa shape index (κ1) is 13.0. The molecule has 1 unspecified atom stereocenters. The minimum Gasteiger partial charge on any atom is -0.394 e. The van der Waals surface area contributed by atoms with Gasteiger partial charge >= 0.3 is 0 Å². The summed E-state index contributed by atoms with van der Waals surface area (Å²) in [6.07, 6.45) is 1.27. The van der Waals surface area contributed by atoms with E-state index in [0.717, 1.165) is 0 Å². The maximum atomic E-state index is 12.3. The molecule has 98 valence electrons. The Hall–Kier alpha value is -1.46. The summed E-state index contributed by atoms with van der Waals surface area (Å²) in [4.78, 5) is 18.0. The average molecular weight is 250 g/mol. The fraction of sp³-hybridized carbons (Fsp3) is 0.538. The summed E-state index contributed by atoms with van der Waals surface area (Å²) in [5.41, 5.74) is -0.0253. The minimum absolute atomic E-state index is 0.0879. The van der Waals surface area contributed by atoms with Gasteiger partial charge in [-0.25, -0.2) is 0 Å².